The Bertz CT molecular complexity index is 626. The molecule has 0 saturated carbocycles. The average molecular weight is 348 g/mol. The van der Waals surface area contributed by atoms with Crippen LogP contribution in [0.15, 0.2) is 35.5 Å². The molecule has 0 fully saturated rings. The van der Waals surface area contributed by atoms with Crippen LogP contribution >= 0.6 is 11.8 Å². The third kappa shape index (κ3) is 4.54. The lowest BCUT2D eigenvalue weighted by atomic mass is 9.94. The topological polar surface area (TPSA) is 67.4 Å². The summed E-state index contributed by atoms with van der Waals surface area (Å²) >= 11 is 1.72. The monoisotopic (exact) mass is 348 g/mol. The summed E-state index contributed by atoms with van der Waals surface area (Å²) in [7, 11) is 0. The van der Waals surface area contributed by atoms with Gasteiger partial charge in [0.25, 0.3) is 0 Å². The van der Waals surface area contributed by atoms with E-state index in [0.29, 0.717) is 17.9 Å². The van der Waals surface area contributed by atoms with Crippen molar-refractivity contribution in [3.8, 4) is 0 Å². The summed E-state index contributed by atoms with van der Waals surface area (Å²) in [6, 6.07) is 7.12. The molecule has 0 unspecified atom stereocenters. The second-order valence-corrected chi connectivity index (χ2v) is 6.89. The molecule has 2 rings (SSSR count). The molecule has 130 valence electrons. The van der Waals surface area contributed by atoms with E-state index in [4.69, 9.17) is 4.74 Å². The van der Waals surface area contributed by atoms with Crippen molar-refractivity contribution >= 4 is 23.8 Å². The number of rotatable bonds is 7. The first-order valence-corrected chi connectivity index (χ1v) is 9.34. The van der Waals surface area contributed by atoms with Gasteiger partial charge in [0.05, 0.1) is 11.6 Å². The third-order valence-electron chi connectivity index (χ3n) is 3.88. The number of carbonyl (C=O) groups excluding carboxylic acids is 2. The molecule has 2 N–H and O–H groups in total. The SMILES string of the molecule is CCSCCOC(=O)C1=C(C)NC(=O)N[C@H]1c1ccc(CC)cc1. The Hall–Kier alpha value is -1.95. The highest BCUT2D eigenvalue weighted by molar-refractivity contribution is 7.99. The van der Waals surface area contributed by atoms with E-state index in [1.807, 2.05) is 24.3 Å². The van der Waals surface area contributed by atoms with Crippen molar-refractivity contribution in [3.05, 3.63) is 46.7 Å². The van der Waals surface area contributed by atoms with E-state index in [9.17, 15) is 9.59 Å². The minimum atomic E-state index is -0.490. The molecule has 0 bridgehead atoms. The maximum absolute atomic E-state index is 12.5. The van der Waals surface area contributed by atoms with Gasteiger partial charge < -0.3 is 15.4 Å². The highest BCUT2D eigenvalue weighted by Crippen LogP contribution is 2.28. The van der Waals surface area contributed by atoms with Crippen LogP contribution in [0.3, 0.4) is 0 Å². The Labute approximate surface area is 147 Å². The molecule has 0 aliphatic carbocycles. The first kappa shape index (κ1) is 18.4. The van der Waals surface area contributed by atoms with Gasteiger partial charge in [-0.05, 0) is 30.2 Å². The molecule has 1 aliphatic heterocycles. The minimum absolute atomic E-state index is 0.310. The van der Waals surface area contributed by atoms with E-state index in [-0.39, 0.29) is 12.0 Å². The van der Waals surface area contributed by atoms with E-state index in [1.165, 1.54) is 5.56 Å². The number of hydrogen-bond acceptors (Lipinski definition) is 4. The number of esters is 1. The number of ether oxygens (including phenoxy) is 1. The fourth-order valence-electron chi connectivity index (χ4n) is 2.58. The van der Waals surface area contributed by atoms with Crippen molar-refractivity contribution in [2.24, 2.45) is 0 Å². The van der Waals surface area contributed by atoms with Crippen molar-refractivity contribution in [2.75, 3.05) is 18.1 Å². The maximum Gasteiger partial charge on any atom is 0.338 e. The van der Waals surface area contributed by atoms with Crippen LogP contribution in [0.25, 0.3) is 0 Å². The van der Waals surface area contributed by atoms with Crippen LogP contribution in [0.2, 0.25) is 0 Å². The second kappa shape index (κ2) is 8.78. The standard InChI is InChI=1S/C18H24N2O3S/c1-4-13-6-8-14(9-7-13)16-15(12(3)19-18(22)20-16)17(21)23-10-11-24-5-2/h6-9,16H,4-5,10-11H2,1-3H3,(H2,19,20,22)/t16-/m0/s1. The van der Waals surface area contributed by atoms with Gasteiger partial charge in [-0.25, -0.2) is 9.59 Å². The number of benzene rings is 1. The number of carbonyl (C=O) groups is 2. The van der Waals surface area contributed by atoms with Crippen LogP contribution < -0.4 is 10.6 Å². The van der Waals surface area contributed by atoms with Gasteiger partial charge in [0.2, 0.25) is 0 Å². The Morgan fingerprint density at radius 3 is 2.58 bits per heavy atom. The van der Waals surface area contributed by atoms with Crippen LogP contribution in [-0.2, 0) is 16.0 Å². The summed E-state index contributed by atoms with van der Waals surface area (Å²) in [6.07, 6.45) is 0.942. The summed E-state index contributed by atoms with van der Waals surface area (Å²) in [5, 5.41) is 5.48. The van der Waals surface area contributed by atoms with Gasteiger partial charge in [-0.2, -0.15) is 11.8 Å². The van der Waals surface area contributed by atoms with Crippen LogP contribution in [0.1, 0.15) is 37.9 Å². The van der Waals surface area contributed by atoms with E-state index in [0.717, 1.165) is 23.5 Å². The zero-order valence-corrected chi connectivity index (χ0v) is 15.2. The summed E-state index contributed by atoms with van der Waals surface area (Å²) in [5.41, 5.74) is 3.08. The van der Waals surface area contributed by atoms with E-state index in [2.05, 4.69) is 24.5 Å². The normalized spacial score (nSPS) is 17.3. The summed E-state index contributed by atoms with van der Waals surface area (Å²) in [5.74, 6) is 1.37. The number of thioether (sulfide) groups is 1. The molecule has 6 heteroatoms. The van der Waals surface area contributed by atoms with Crippen LogP contribution in [0.4, 0.5) is 4.79 Å². The smallest absolute Gasteiger partial charge is 0.338 e. The molecule has 0 spiro atoms. The lowest BCUT2D eigenvalue weighted by Crippen LogP contribution is -2.45. The molecule has 24 heavy (non-hydrogen) atoms. The van der Waals surface area contributed by atoms with E-state index < -0.39 is 6.04 Å². The van der Waals surface area contributed by atoms with Crippen LogP contribution in [0.5, 0.6) is 0 Å². The van der Waals surface area contributed by atoms with Gasteiger partial charge >= 0.3 is 12.0 Å². The van der Waals surface area contributed by atoms with Crippen LogP contribution in [0, 0.1) is 0 Å². The molecule has 2 amide bonds. The molecule has 1 heterocycles. The first-order valence-electron chi connectivity index (χ1n) is 8.18. The van der Waals surface area contributed by atoms with Crippen molar-refractivity contribution in [2.45, 2.75) is 33.2 Å². The number of urea groups is 1. The molecular formula is C18H24N2O3S. The molecule has 1 aromatic rings. The molecular weight excluding hydrogens is 324 g/mol. The number of nitrogens with one attached hydrogen (secondary N) is 2. The highest BCUT2D eigenvalue weighted by atomic mass is 32.2. The predicted octanol–water partition coefficient (Wildman–Crippen LogP) is 3.17. The third-order valence-corrected chi connectivity index (χ3v) is 4.74. The van der Waals surface area contributed by atoms with Crippen molar-refractivity contribution < 1.29 is 14.3 Å². The zero-order chi connectivity index (χ0) is 17.5. The number of hydrogen-bond donors (Lipinski definition) is 2. The van der Waals surface area contributed by atoms with Crippen molar-refractivity contribution in [1.29, 1.82) is 0 Å². The average Bonchev–Trinajstić information content (AvgIpc) is 2.58. The maximum atomic E-state index is 12.5. The largest absolute Gasteiger partial charge is 0.461 e. The van der Waals surface area contributed by atoms with Gasteiger partial charge in [0.15, 0.2) is 0 Å². The first-order chi connectivity index (χ1) is 11.6. The van der Waals surface area contributed by atoms with Gasteiger partial charge in [-0.15, -0.1) is 0 Å². The Morgan fingerprint density at radius 2 is 1.96 bits per heavy atom. The predicted molar refractivity (Wildman–Crippen MR) is 96.9 cm³/mol. The molecule has 1 aliphatic rings. The van der Waals surface area contributed by atoms with Gasteiger partial charge in [-0.3, -0.25) is 0 Å². The number of allylic oxidation sites excluding steroid dienone is 1. The zero-order valence-electron chi connectivity index (χ0n) is 14.3. The second-order valence-electron chi connectivity index (χ2n) is 5.50. The molecule has 1 atom stereocenters. The van der Waals surface area contributed by atoms with Gasteiger partial charge in [0.1, 0.15) is 6.61 Å². The lowest BCUT2D eigenvalue weighted by Gasteiger charge is -2.28. The highest BCUT2D eigenvalue weighted by Gasteiger charge is 2.32. The van der Waals surface area contributed by atoms with E-state index in [1.54, 1.807) is 18.7 Å². The molecule has 0 radical (unpaired) electrons. The minimum Gasteiger partial charge on any atom is -0.461 e. The molecule has 0 saturated heterocycles. The fraction of sp³-hybridized carbons (Fsp3) is 0.444. The van der Waals surface area contributed by atoms with E-state index >= 15 is 0 Å². The van der Waals surface area contributed by atoms with Gasteiger partial charge in [0, 0.05) is 11.4 Å². The molecule has 5 nitrogen and oxygen atoms in total. The summed E-state index contributed by atoms with van der Waals surface area (Å²) < 4.78 is 5.38. The lowest BCUT2D eigenvalue weighted by molar-refractivity contribution is -0.138. The Morgan fingerprint density at radius 1 is 1.25 bits per heavy atom. The van der Waals surface area contributed by atoms with Crippen LogP contribution in [-0.4, -0.2) is 30.1 Å². The van der Waals surface area contributed by atoms with Gasteiger partial charge in [-0.1, -0.05) is 38.1 Å². The number of amides is 2. The Balaban J connectivity index is 2.21. The Kier molecular flexibility index (Phi) is 6.73. The fourth-order valence-corrected chi connectivity index (χ4v) is 3.07. The van der Waals surface area contributed by atoms with Crippen molar-refractivity contribution in [3.63, 3.8) is 0 Å². The molecule has 1 aromatic carbocycles. The summed E-state index contributed by atoms with van der Waals surface area (Å²) in [4.78, 5) is 24.3. The number of aryl methyl sites for hydroxylation is 1. The van der Waals surface area contributed by atoms with Crippen molar-refractivity contribution in [1.82, 2.24) is 10.6 Å². The quantitative estimate of drug-likeness (QED) is 0.587. The summed E-state index contributed by atoms with van der Waals surface area (Å²) in [6.45, 7) is 6.24. The molecule has 0 aromatic heterocycles.